The van der Waals surface area contributed by atoms with E-state index in [1.165, 1.54) is 4.68 Å². The lowest BCUT2D eigenvalue weighted by Gasteiger charge is -2.40. The van der Waals surface area contributed by atoms with Gasteiger partial charge in [0, 0.05) is 24.6 Å². The first kappa shape index (κ1) is 25.4. The molecule has 0 unspecified atom stereocenters. The van der Waals surface area contributed by atoms with Gasteiger partial charge in [0.2, 0.25) is 11.8 Å². The van der Waals surface area contributed by atoms with Gasteiger partial charge in [-0.2, -0.15) is 5.10 Å². The van der Waals surface area contributed by atoms with Gasteiger partial charge >= 0.3 is 6.03 Å². The fourth-order valence-corrected chi connectivity index (χ4v) is 5.04. The number of hydrogen-bond acceptors (Lipinski definition) is 5. The molecule has 2 aromatic rings. The third kappa shape index (κ3) is 5.75. The summed E-state index contributed by atoms with van der Waals surface area (Å²) in [6.07, 6.45) is 6.23. The maximum absolute atomic E-state index is 13.1. The predicted molar refractivity (Wildman–Crippen MR) is 134 cm³/mol. The number of aromatic nitrogens is 2. The summed E-state index contributed by atoms with van der Waals surface area (Å²) in [7, 11) is 0. The zero-order valence-electron chi connectivity index (χ0n) is 21.0. The highest BCUT2D eigenvalue weighted by atomic mass is 16.2. The number of hydrogen-bond donors (Lipinski definition) is 3. The van der Waals surface area contributed by atoms with E-state index >= 15 is 0 Å². The number of amides is 5. The molecule has 1 aliphatic carbocycles. The number of carbonyl (C=O) groups excluding carboxylic acids is 4. The monoisotopic (exact) mass is 494 g/mol. The highest BCUT2D eigenvalue weighted by Crippen LogP contribution is 2.43. The predicted octanol–water partition coefficient (Wildman–Crippen LogP) is 2.66. The van der Waals surface area contributed by atoms with Gasteiger partial charge in [-0.3, -0.25) is 24.0 Å². The minimum absolute atomic E-state index is 0.0955. The van der Waals surface area contributed by atoms with Crippen molar-refractivity contribution >= 4 is 29.4 Å². The van der Waals surface area contributed by atoms with Gasteiger partial charge in [0.25, 0.3) is 5.91 Å². The second-order valence-corrected chi connectivity index (χ2v) is 10.8. The third-order valence-electron chi connectivity index (χ3n) is 7.18. The Labute approximate surface area is 210 Å². The van der Waals surface area contributed by atoms with Gasteiger partial charge in [-0.05, 0) is 60.8 Å². The molecule has 1 aromatic carbocycles. The average molecular weight is 495 g/mol. The summed E-state index contributed by atoms with van der Waals surface area (Å²) < 4.78 is 1.52. The minimum Gasteiger partial charge on any atom is -0.350 e. The summed E-state index contributed by atoms with van der Waals surface area (Å²) in [5.41, 5.74) is 0.643. The van der Waals surface area contributed by atoms with E-state index < -0.39 is 17.5 Å². The molecule has 0 atom stereocenters. The Morgan fingerprint density at radius 2 is 1.86 bits per heavy atom. The standard InChI is InChI=1S/C26H34N6O4/c1-25(2,3)19-8-10-26(11-9-19)23(35)32(24(36)30-26)17-21(33)27-15-18-6-4-7-20(14-18)29-22(34)16-31-13-5-12-28-31/h4-7,12-14,19H,8-11,15-17H2,1-3H3,(H,27,33)(H,29,34)(H,30,36). The number of urea groups is 1. The van der Waals surface area contributed by atoms with E-state index in [1.54, 1.807) is 36.7 Å². The lowest BCUT2D eigenvalue weighted by atomic mass is 9.67. The molecule has 4 rings (SSSR count). The summed E-state index contributed by atoms with van der Waals surface area (Å²) in [5, 5.41) is 12.5. The van der Waals surface area contributed by atoms with Crippen molar-refractivity contribution in [2.45, 2.75) is 65.1 Å². The molecule has 1 aromatic heterocycles. The smallest absolute Gasteiger partial charge is 0.325 e. The summed E-state index contributed by atoms with van der Waals surface area (Å²) in [6.45, 7) is 6.57. The van der Waals surface area contributed by atoms with Gasteiger partial charge in [0.15, 0.2) is 0 Å². The Morgan fingerprint density at radius 1 is 1.11 bits per heavy atom. The molecule has 36 heavy (non-hydrogen) atoms. The number of nitrogens with one attached hydrogen (secondary N) is 3. The lowest BCUT2D eigenvalue weighted by molar-refractivity contribution is -0.136. The summed E-state index contributed by atoms with van der Waals surface area (Å²) in [6, 6.07) is 8.35. The van der Waals surface area contributed by atoms with E-state index in [0.29, 0.717) is 24.4 Å². The topological polar surface area (TPSA) is 125 Å². The molecule has 1 aliphatic heterocycles. The SMILES string of the molecule is CC(C)(C)C1CCC2(CC1)NC(=O)N(CC(=O)NCc1cccc(NC(=O)Cn3cccn3)c1)C2=O. The van der Waals surface area contributed by atoms with Crippen molar-refractivity contribution in [3.63, 3.8) is 0 Å². The molecule has 3 N–H and O–H groups in total. The largest absolute Gasteiger partial charge is 0.350 e. The van der Waals surface area contributed by atoms with Gasteiger partial charge < -0.3 is 16.0 Å². The molecule has 2 aliphatic rings. The lowest BCUT2D eigenvalue weighted by Crippen LogP contribution is -2.51. The van der Waals surface area contributed by atoms with Gasteiger partial charge in [-0.25, -0.2) is 4.79 Å². The van der Waals surface area contributed by atoms with E-state index in [4.69, 9.17) is 0 Å². The Balaban J connectivity index is 1.28. The van der Waals surface area contributed by atoms with Crippen LogP contribution in [0.2, 0.25) is 0 Å². The molecule has 192 valence electrons. The summed E-state index contributed by atoms with van der Waals surface area (Å²) in [4.78, 5) is 51.5. The fourth-order valence-electron chi connectivity index (χ4n) is 5.04. The van der Waals surface area contributed by atoms with Crippen LogP contribution in [0.1, 0.15) is 52.0 Å². The van der Waals surface area contributed by atoms with Gasteiger partial charge in [-0.1, -0.05) is 32.9 Å². The van der Waals surface area contributed by atoms with E-state index in [0.717, 1.165) is 23.3 Å². The molecule has 0 bridgehead atoms. The minimum atomic E-state index is -0.887. The maximum Gasteiger partial charge on any atom is 0.325 e. The molecule has 1 saturated heterocycles. The molecule has 0 radical (unpaired) electrons. The molecule has 5 amide bonds. The van der Waals surface area contributed by atoms with Crippen LogP contribution < -0.4 is 16.0 Å². The number of imide groups is 1. The summed E-state index contributed by atoms with van der Waals surface area (Å²) >= 11 is 0. The quantitative estimate of drug-likeness (QED) is 0.511. The number of nitrogens with zero attached hydrogens (tertiary/aromatic N) is 3. The van der Waals surface area contributed by atoms with Crippen LogP contribution in [-0.2, 0) is 27.5 Å². The van der Waals surface area contributed by atoms with Gasteiger partial charge in [0.05, 0.1) is 0 Å². The average Bonchev–Trinajstić information content (AvgIpc) is 3.40. The molecular weight excluding hydrogens is 460 g/mol. The van der Waals surface area contributed by atoms with E-state index in [-0.39, 0.29) is 36.9 Å². The molecule has 1 spiro atoms. The van der Waals surface area contributed by atoms with Crippen LogP contribution in [0.3, 0.4) is 0 Å². The Kier molecular flexibility index (Phi) is 7.14. The van der Waals surface area contributed by atoms with E-state index in [9.17, 15) is 19.2 Å². The van der Waals surface area contributed by atoms with Crippen LogP contribution in [0.15, 0.2) is 42.7 Å². The van der Waals surface area contributed by atoms with Crippen molar-refractivity contribution in [2.24, 2.45) is 11.3 Å². The Bertz CT molecular complexity index is 1130. The first-order chi connectivity index (χ1) is 17.1. The first-order valence-electron chi connectivity index (χ1n) is 12.3. The third-order valence-corrected chi connectivity index (χ3v) is 7.18. The van der Waals surface area contributed by atoms with Crippen molar-refractivity contribution in [3.05, 3.63) is 48.3 Å². The van der Waals surface area contributed by atoms with Crippen LogP contribution in [0.4, 0.5) is 10.5 Å². The van der Waals surface area contributed by atoms with Crippen molar-refractivity contribution in [1.29, 1.82) is 0 Å². The van der Waals surface area contributed by atoms with Crippen molar-refractivity contribution in [3.8, 4) is 0 Å². The van der Waals surface area contributed by atoms with Crippen molar-refractivity contribution in [1.82, 2.24) is 25.3 Å². The highest BCUT2D eigenvalue weighted by molar-refractivity contribution is 6.09. The fraction of sp³-hybridized carbons (Fsp3) is 0.500. The molecule has 1 saturated carbocycles. The number of anilines is 1. The van der Waals surface area contributed by atoms with Crippen molar-refractivity contribution < 1.29 is 19.2 Å². The highest BCUT2D eigenvalue weighted by Gasteiger charge is 2.53. The normalized spacial score (nSPS) is 22.0. The van der Waals surface area contributed by atoms with Crippen LogP contribution in [0.5, 0.6) is 0 Å². The first-order valence-corrected chi connectivity index (χ1v) is 12.3. The maximum atomic E-state index is 13.1. The second kappa shape index (κ2) is 10.1. The summed E-state index contributed by atoms with van der Waals surface area (Å²) in [5.74, 6) is -0.455. The van der Waals surface area contributed by atoms with Crippen LogP contribution in [-0.4, -0.2) is 50.5 Å². The van der Waals surface area contributed by atoms with Gasteiger partial charge in [-0.15, -0.1) is 0 Å². The van der Waals surface area contributed by atoms with Crippen LogP contribution >= 0.6 is 0 Å². The van der Waals surface area contributed by atoms with E-state index in [2.05, 4.69) is 41.8 Å². The van der Waals surface area contributed by atoms with Crippen molar-refractivity contribution in [2.75, 3.05) is 11.9 Å². The molecule has 10 nitrogen and oxygen atoms in total. The van der Waals surface area contributed by atoms with Crippen LogP contribution in [0, 0.1) is 11.3 Å². The molecular formula is C26H34N6O4. The molecule has 2 fully saturated rings. The molecule has 2 heterocycles. The Hall–Kier alpha value is -3.69. The number of carbonyl (C=O) groups is 4. The van der Waals surface area contributed by atoms with Crippen LogP contribution in [0.25, 0.3) is 0 Å². The van der Waals surface area contributed by atoms with Gasteiger partial charge in [0.1, 0.15) is 18.6 Å². The number of benzene rings is 1. The second-order valence-electron chi connectivity index (χ2n) is 10.8. The molecule has 10 heteroatoms. The zero-order chi connectivity index (χ0) is 25.9. The zero-order valence-corrected chi connectivity index (χ0v) is 21.0. The van der Waals surface area contributed by atoms with E-state index in [1.807, 2.05) is 6.07 Å². The number of rotatable bonds is 7. The Morgan fingerprint density at radius 3 is 2.53 bits per heavy atom.